The number of carbonyl (C=O) groups is 2. The molecular formula is C29H33BrClN3O4S. The molecule has 0 unspecified atom stereocenters. The monoisotopic (exact) mass is 633 g/mol. The number of benzene rings is 3. The Kier molecular flexibility index (Phi) is 10.6. The quantitative estimate of drug-likeness (QED) is 0.283. The van der Waals surface area contributed by atoms with Gasteiger partial charge in [0, 0.05) is 22.1 Å². The van der Waals surface area contributed by atoms with Crippen LogP contribution in [-0.4, -0.2) is 43.8 Å². The normalized spacial score (nSPS) is 12.9. The van der Waals surface area contributed by atoms with Gasteiger partial charge in [-0.1, -0.05) is 58.7 Å². The van der Waals surface area contributed by atoms with E-state index < -0.39 is 28.5 Å². The first-order chi connectivity index (χ1) is 18.4. The lowest BCUT2D eigenvalue weighted by Gasteiger charge is -2.32. The summed E-state index contributed by atoms with van der Waals surface area (Å²) in [5.74, 6) is -0.818. The minimum atomic E-state index is -4.14. The Labute approximate surface area is 244 Å². The van der Waals surface area contributed by atoms with E-state index in [9.17, 15) is 18.0 Å². The number of nitrogens with zero attached hydrogens (tertiary/aromatic N) is 2. The second-order valence-corrected chi connectivity index (χ2v) is 12.7. The average molecular weight is 635 g/mol. The number of hydrogen-bond donors (Lipinski definition) is 1. The van der Waals surface area contributed by atoms with E-state index in [2.05, 4.69) is 21.2 Å². The van der Waals surface area contributed by atoms with Crippen LogP contribution in [0.4, 0.5) is 5.69 Å². The SMILES string of the molecule is CC[C@@H](C)NC(=O)[C@H](C)N(Cc1ccc(Br)cc1)C(=O)CN(c1cccc(C)c1)S(=O)(=O)c1ccc(Cl)cc1. The molecule has 2 amide bonds. The van der Waals surface area contributed by atoms with Gasteiger partial charge in [0.2, 0.25) is 11.8 Å². The standard InChI is InChI=1S/C29H33BrClN3O4S/c1-5-21(3)32-29(36)22(4)33(18-23-9-11-24(30)12-10-23)28(35)19-34(26-8-6-7-20(2)17-26)39(37,38)27-15-13-25(31)14-16-27/h6-17,21-22H,5,18-19H2,1-4H3,(H,32,36)/t21-,22+/m1/s1. The minimum Gasteiger partial charge on any atom is -0.352 e. The van der Waals surface area contributed by atoms with Crippen LogP contribution in [0.2, 0.25) is 5.02 Å². The van der Waals surface area contributed by atoms with Crippen molar-refractivity contribution in [1.29, 1.82) is 0 Å². The molecule has 0 aliphatic heterocycles. The zero-order valence-corrected chi connectivity index (χ0v) is 25.6. The van der Waals surface area contributed by atoms with E-state index in [-0.39, 0.29) is 23.4 Å². The lowest BCUT2D eigenvalue weighted by Crippen LogP contribution is -2.52. The van der Waals surface area contributed by atoms with Gasteiger partial charge in [-0.2, -0.15) is 0 Å². The van der Waals surface area contributed by atoms with Crippen LogP contribution >= 0.6 is 27.5 Å². The third-order valence-corrected chi connectivity index (χ3v) is 8.97. The molecule has 2 atom stereocenters. The number of sulfonamides is 1. The molecule has 0 aliphatic rings. The summed E-state index contributed by atoms with van der Waals surface area (Å²) in [6.45, 7) is 6.99. The van der Waals surface area contributed by atoms with Gasteiger partial charge >= 0.3 is 0 Å². The largest absolute Gasteiger partial charge is 0.352 e. The molecule has 0 aromatic heterocycles. The van der Waals surface area contributed by atoms with Crippen LogP contribution < -0.4 is 9.62 Å². The van der Waals surface area contributed by atoms with E-state index in [1.807, 2.05) is 51.1 Å². The maximum atomic E-state index is 13.9. The molecule has 0 bridgehead atoms. The molecule has 0 saturated carbocycles. The number of hydrogen-bond acceptors (Lipinski definition) is 4. The Morgan fingerprint density at radius 2 is 1.64 bits per heavy atom. The lowest BCUT2D eigenvalue weighted by molar-refractivity contribution is -0.139. The van der Waals surface area contributed by atoms with Gasteiger partial charge in [-0.15, -0.1) is 0 Å². The Hall–Kier alpha value is -2.88. The zero-order chi connectivity index (χ0) is 28.7. The maximum absolute atomic E-state index is 13.9. The Morgan fingerprint density at radius 3 is 2.23 bits per heavy atom. The lowest BCUT2D eigenvalue weighted by atomic mass is 10.1. The Bertz CT molecular complexity index is 1400. The molecule has 10 heteroatoms. The fourth-order valence-electron chi connectivity index (χ4n) is 3.88. The van der Waals surface area contributed by atoms with Gasteiger partial charge in [0.15, 0.2) is 0 Å². The summed E-state index contributed by atoms with van der Waals surface area (Å²) in [5, 5.41) is 3.33. The molecular weight excluding hydrogens is 602 g/mol. The first-order valence-corrected chi connectivity index (χ1v) is 15.2. The first kappa shape index (κ1) is 30.7. The molecule has 0 aliphatic carbocycles. The zero-order valence-electron chi connectivity index (χ0n) is 22.4. The van der Waals surface area contributed by atoms with E-state index in [1.54, 1.807) is 25.1 Å². The molecule has 0 fully saturated rings. The van der Waals surface area contributed by atoms with Crippen molar-refractivity contribution < 1.29 is 18.0 Å². The van der Waals surface area contributed by atoms with Gasteiger partial charge < -0.3 is 10.2 Å². The van der Waals surface area contributed by atoms with Crippen molar-refractivity contribution in [3.05, 3.63) is 93.4 Å². The topological polar surface area (TPSA) is 86.8 Å². The van der Waals surface area contributed by atoms with Crippen LogP contribution in [0.5, 0.6) is 0 Å². The summed E-state index contributed by atoms with van der Waals surface area (Å²) in [4.78, 5) is 28.4. The van der Waals surface area contributed by atoms with Gasteiger partial charge in [0.05, 0.1) is 10.6 Å². The first-order valence-electron chi connectivity index (χ1n) is 12.6. The number of rotatable bonds is 11. The van der Waals surface area contributed by atoms with E-state index in [0.717, 1.165) is 26.3 Å². The van der Waals surface area contributed by atoms with Crippen LogP contribution in [0.25, 0.3) is 0 Å². The molecule has 3 aromatic carbocycles. The summed E-state index contributed by atoms with van der Waals surface area (Å²) in [6, 6.07) is 19.2. The van der Waals surface area contributed by atoms with E-state index >= 15 is 0 Å². The van der Waals surface area contributed by atoms with Crippen LogP contribution in [-0.2, 0) is 26.2 Å². The van der Waals surface area contributed by atoms with Crippen LogP contribution in [0.15, 0.2) is 82.2 Å². The van der Waals surface area contributed by atoms with Gasteiger partial charge in [-0.25, -0.2) is 8.42 Å². The van der Waals surface area contributed by atoms with Gasteiger partial charge in [0.1, 0.15) is 12.6 Å². The highest BCUT2D eigenvalue weighted by molar-refractivity contribution is 9.10. The molecule has 0 heterocycles. The van der Waals surface area contributed by atoms with Crippen LogP contribution in [0.1, 0.15) is 38.3 Å². The number of amides is 2. The Morgan fingerprint density at radius 1 is 1.00 bits per heavy atom. The van der Waals surface area contributed by atoms with Crippen molar-refractivity contribution in [2.45, 2.75) is 57.6 Å². The van der Waals surface area contributed by atoms with Crippen LogP contribution in [0.3, 0.4) is 0 Å². The van der Waals surface area contributed by atoms with E-state index in [4.69, 9.17) is 11.6 Å². The van der Waals surface area contributed by atoms with E-state index in [0.29, 0.717) is 10.7 Å². The Balaban J connectivity index is 2.02. The molecule has 39 heavy (non-hydrogen) atoms. The predicted octanol–water partition coefficient (Wildman–Crippen LogP) is 5.94. The minimum absolute atomic E-state index is 0.00299. The molecule has 0 radical (unpaired) electrons. The fourth-order valence-corrected chi connectivity index (χ4v) is 5.68. The number of nitrogens with one attached hydrogen (secondary N) is 1. The number of halogens is 2. The molecule has 3 aromatic rings. The highest BCUT2D eigenvalue weighted by Gasteiger charge is 2.32. The maximum Gasteiger partial charge on any atom is 0.264 e. The second-order valence-electron chi connectivity index (χ2n) is 9.45. The highest BCUT2D eigenvalue weighted by Crippen LogP contribution is 2.26. The highest BCUT2D eigenvalue weighted by atomic mass is 79.9. The van der Waals surface area contributed by atoms with Crippen molar-refractivity contribution >= 4 is 55.1 Å². The van der Waals surface area contributed by atoms with Gasteiger partial charge in [0.25, 0.3) is 10.0 Å². The number of carbonyl (C=O) groups excluding carboxylic acids is 2. The summed E-state index contributed by atoms with van der Waals surface area (Å²) in [7, 11) is -4.14. The fraction of sp³-hybridized carbons (Fsp3) is 0.310. The van der Waals surface area contributed by atoms with Gasteiger partial charge in [-0.05, 0) is 86.8 Å². The second kappa shape index (κ2) is 13.5. The van der Waals surface area contributed by atoms with Crippen molar-refractivity contribution in [2.75, 3.05) is 10.8 Å². The molecule has 208 valence electrons. The number of anilines is 1. The van der Waals surface area contributed by atoms with Crippen molar-refractivity contribution in [1.82, 2.24) is 10.2 Å². The predicted molar refractivity (Wildman–Crippen MR) is 159 cm³/mol. The summed E-state index contributed by atoms with van der Waals surface area (Å²) < 4.78 is 29.6. The smallest absolute Gasteiger partial charge is 0.264 e. The summed E-state index contributed by atoms with van der Waals surface area (Å²) in [6.07, 6.45) is 0.736. The van der Waals surface area contributed by atoms with Crippen molar-refractivity contribution in [2.24, 2.45) is 0 Å². The van der Waals surface area contributed by atoms with Gasteiger partial charge in [-0.3, -0.25) is 13.9 Å². The third-order valence-electron chi connectivity index (χ3n) is 6.40. The molecule has 0 saturated heterocycles. The molecule has 7 nitrogen and oxygen atoms in total. The van der Waals surface area contributed by atoms with Crippen LogP contribution in [0, 0.1) is 6.92 Å². The summed E-state index contributed by atoms with van der Waals surface area (Å²) >= 11 is 9.41. The van der Waals surface area contributed by atoms with E-state index in [1.165, 1.54) is 29.2 Å². The molecule has 1 N–H and O–H groups in total. The molecule has 3 rings (SSSR count). The summed E-state index contributed by atoms with van der Waals surface area (Å²) in [5.41, 5.74) is 1.99. The van der Waals surface area contributed by atoms with Crippen molar-refractivity contribution in [3.63, 3.8) is 0 Å². The molecule has 0 spiro atoms. The number of aryl methyl sites for hydroxylation is 1. The third kappa shape index (κ3) is 8.06. The average Bonchev–Trinajstić information content (AvgIpc) is 2.90. The van der Waals surface area contributed by atoms with Crippen molar-refractivity contribution in [3.8, 4) is 0 Å².